The van der Waals surface area contributed by atoms with Crippen LogP contribution in [-0.2, 0) is 0 Å². The first-order chi connectivity index (χ1) is 13.9. The van der Waals surface area contributed by atoms with Crippen LogP contribution in [0.4, 0.5) is 0 Å². The topological polar surface area (TPSA) is 64.8 Å². The Hall–Kier alpha value is -3.25. The normalized spacial score (nSPS) is 10.9. The lowest BCUT2D eigenvalue weighted by Gasteiger charge is -2.11. The molecule has 0 unspecified atom stereocenters. The van der Waals surface area contributed by atoms with Gasteiger partial charge in [-0.3, -0.25) is 4.79 Å². The lowest BCUT2D eigenvalue weighted by Crippen LogP contribution is -2.17. The van der Waals surface area contributed by atoms with Crippen molar-refractivity contribution in [2.24, 2.45) is 5.10 Å². The SMILES string of the molecule is COc1cc(OC)cc(C(=O)N/N=C\c2cc(C)n(-c3ccccc3Cl)c2C)c1. The van der Waals surface area contributed by atoms with E-state index in [1.165, 1.54) is 14.2 Å². The fraction of sp³-hybridized carbons (Fsp3) is 0.182. The second-order valence-corrected chi connectivity index (χ2v) is 6.82. The minimum Gasteiger partial charge on any atom is -0.497 e. The number of hydrazone groups is 1. The number of benzene rings is 2. The van der Waals surface area contributed by atoms with E-state index in [0.29, 0.717) is 22.1 Å². The van der Waals surface area contributed by atoms with E-state index in [0.717, 1.165) is 22.6 Å². The van der Waals surface area contributed by atoms with Crippen molar-refractivity contribution in [3.8, 4) is 17.2 Å². The van der Waals surface area contributed by atoms with Gasteiger partial charge in [-0.25, -0.2) is 5.43 Å². The van der Waals surface area contributed by atoms with E-state index >= 15 is 0 Å². The molecule has 0 saturated carbocycles. The van der Waals surface area contributed by atoms with Crippen molar-refractivity contribution in [3.63, 3.8) is 0 Å². The fourth-order valence-corrected chi connectivity index (χ4v) is 3.31. The second kappa shape index (κ2) is 8.84. The Balaban J connectivity index is 1.80. The quantitative estimate of drug-likeness (QED) is 0.478. The summed E-state index contributed by atoms with van der Waals surface area (Å²) in [6.07, 6.45) is 1.62. The van der Waals surface area contributed by atoms with Gasteiger partial charge in [0.2, 0.25) is 0 Å². The van der Waals surface area contributed by atoms with Gasteiger partial charge in [0.05, 0.1) is 31.1 Å². The number of aromatic nitrogens is 1. The summed E-state index contributed by atoms with van der Waals surface area (Å²) >= 11 is 6.34. The van der Waals surface area contributed by atoms with Gasteiger partial charge in [-0.1, -0.05) is 23.7 Å². The molecule has 0 saturated heterocycles. The summed E-state index contributed by atoms with van der Waals surface area (Å²) in [6, 6.07) is 14.6. The van der Waals surface area contributed by atoms with E-state index in [1.54, 1.807) is 24.4 Å². The molecule has 0 fully saturated rings. The third-order valence-electron chi connectivity index (χ3n) is 4.55. The zero-order chi connectivity index (χ0) is 21.0. The summed E-state index contributed by atoms with van der Waals surface area (Å²) in [5.74, 6) is 0.696. The highest BCUT2D eigenvalue weighted by Crippen LogP contribution is 2.26. The number of rotatable bonds is 6. The van der Waals surface area contributed by atoms with Gasteiger partial charge >= 0.3 is 0 Å². The molecular formula is C22H22ClN3O3. The fourth-order valence-electron chi connectivity index (χ4n) is 3.09. The van der Waals surface area contributed by atoms with E-state index in [4.69, 9.17) is 21.1 Å². The largest absolute Gasteiger partial charge is 0.497 e. The van der Waals surface area contributed by atoms with Crippen LogP contribution < -0.4 is 14.9 Å². The summed E-state index contributed by atoms with van der Waals surface area (Å²) < 4.78 is 12.4. The molecule has 29 heavy (non-hydrogen) atoms. The van der Waals surface area contributed by atoms with Crippen molar-refractivity contribution < 1.29 is 14.3 Å². The van der Waals surface area contributed by atoms with Gasteiger partial charge in [-0.05, 0) is 44.2 Å². The molecule has 0 bridgehead atoms. The number of nitrogens with one attached hydrogen (secondary N) is 1. The van der Waals surface area contributed by atoms with Crippen molar-refractivity contribution in [2.75, 3.05) is 14.2 Å². The van der Waals surface area contributed by atoms with Gasteiger partial charge in [0.15, 0.2) is 0 Å². The number of aryl methyl sites for hydroxylation is 1. The Morgan fingerprint density at radius 1 is 1.07 bits per heavy atom. The predicted octanol–water partition coefficient (Wildman–Crippen LogP) is 4.53. The van der Waals surface area contributed by atoms with Gasteiger partial charge in [0.1, 0.15) is 11.5 Å². The molecule has 0 aliphatic carbocycles. The molecule has 0 aliphatic rings. The van der Waals surface area contributed by atoms with Crippen molar-refractivity contribution in [1.29, 1.82) is 0 Å². The number of carbonyl (C=O) groups is 1. The Bertz CT molecular complexity index is 1050. The van der Waals surface area contributed by atoms with Crippen molar-refractivity contribution in [2.45, 2.75) is 13.8 Å². The predicted molar refractivity (Wildman–Crippen MR) is 115 cm³/mol. The lowest BCUT2D eigenvalue weighted by atomic mass is 10.2. The number of methoxy groups -OCH3 is 2. The monoisotopic (exact) mass is 411 g/mol. The van der Waals surface area contributed by atoms with Crippen LogP contribution in [-0.4, -0.2) is 30.9 Å². The molecule has 0 aliphatic heterocycles. The smallest absolute Gasteiger partial charge is 0.271 e. The average molecular weight is 412 g/mol. The number of carbonyl (C=O) groups excluding carboxylic acids is 1. The standard InChI is InChI=1S/C22H22ClN3O3/c1-14-9-17(15(2)26(14)21-8-6-5-7-20(21)23)13-24-25-22(27)16-10-18(28-3)12-19(11-16)29-4/h5-13H,1-4H3,(H,25,27)/b24-13-. The molecule has 3 rings (SSSR count). The molecule has 150 valence electrons. The van der Waals surface area contributed by atoms with E-state index in [-0.39, 0.29) is 5.91 Å². The average Bonchev–Trinajstić information content (AvgIpc) is 3.01. The van der Waals surface area contributed by atoms with E-state index in [9.17, 15) is 4.79 Å². The van der Waals surface area contributed by atoms with Gasteiger partial charge in [0.25, 0.3) is 5.91 Å². The van der Waals surface area contributed by atoms with Crippen LogP contribution in [0.25, 0.3) is 5.69 Å². The third-order valence-corrected chi connectivity index (χ3v) is 4.87. The maximum Gasteiger partial charge on any atom is 0.271 e. The molecule has 1 aromatic heterocycles. The van der Waals surface area contributed by atoms with Gasteiger partial charge in [-0.2, -0.15) is 5.10 Å². The molecule has 0 atom stereocenters. The van der Waals surface area contributed by atoms with Gasteiger partial charge in [-0.15, -0.1) is 0 Å². The Kier molecular flexibility index (Phi) is 6.24. The van der Waals surface area contributed by atoms with Crippen LogP contribution in [0.1, 0.15) is 27.3 Å². The summed E-state index contributed by atoms with van der Waals surface area (Å²) in [5.41, 5.74) is 6.69. The number of hydrogen-bond donors (Lipinski definition) is 1. The number of para-hydroxylation sites is 1. The summed E-state index contributed by atoms with van der Waals surface area (Å²) in [6.45, 7) is 3.97. The molecule has 6 nitrogen and oxygen atoms in total. The van der Waals surface area contributed by atoms with E-state index < -0.39 is 0 Å². The van der Waals surface area contributed by atoms with Gasteiger partial charge < -0.3 is 14.0 Å². The lowest BCUT2D eigenvalue weighted by molar-refractivity contribution is 0.0954. The number of hydrogen-bond acceptors (Lipinski definition) is 4. The molecule has 3 aromatic rings. The van der Waals surface area contributed by atoms with E-state index in [1.807, 2.05) is 44.2 Å². The second-order valence-electron chi connectivity index (χ2n) is 6.41. The summed E-state index contributed by atoms with van der Waals surface area (Å²) in [7, 11) is 3.06. The number of ether oxygens (including phenoxy) is 2. The molecule has 0 radical (unpaired) electrons. The Morgan fingerprint density at radius 3 is 2.34 bits per heavy atom. The first kappa shape index (κ1) is 20.5. The Labute approximate surface area is 174 Å². The zero-order valence-electron chi connectivity index (χ0n) is 16.7. The molecule has 1 N–H and O–H groups in total. The minimum atomic E-state index is -0.363. The molecule has 1 amide bonds. The van der Waals surface area contributed by atoms with Crippen molar-refractivity contribution in [1.82, 2.24) is 9.99 Å². The molecule has 2 aromatic carbocycles. The van der Waals surface area contributed by atoms with Crippen LogP contribution in [0.15, 0.2) is 53.6 Å². The molecule has 0 spiro atoms. The van der Waals surface area contributed by atoms with Crippen LogP contribution in [0, 0.1) is 13.8 Å². The summed E-state index contributed by atoms with van der Waals surface area (Å²) in [4.78, 5) is 12.4. The third kappa shape index (κ3) is 4.43. The highest BCUT2D eigenvalue weighted by molar-refractivity contribution is 6.32. The minimum absolute atomic E-state index is 0.363. The van der Waals surface area contributed by atoms with E-state index in [2.05, 4.69) is 15.1 Å². The van der Waals surface area contributed by atoms with Crippen LogP contribution in [0.2, 0.25) is 5.02 Å². The summed E-state index contributed by atoms with van der Waals surface area (Å²) in [5, 5.41) is 4.77. The highest BCUT2D eigenvalue weighted by atomic mass is 35.5. The van der Waals surface area contributed by atoms with Crippen molar-refractivity contribution >= 4 is 23.7 Å². The first-order valence-electron chi connectivity index (χ1n) is 8.95. The van der Waals surface area contributed by atoms with Crippen molar-refractivity contribution in [3.05, 3.63) is 76.1 Å². The number of nitrogens with zero attached hydrogens (tertiary/aromatic N) is 2. The molecular weight excluding hydrogens is 390 g/mol. The maximum absolute atomic E-state index is 12.4. The zero-order valence-corrected chi connectivity index (χ0v) is 17.4. The van der Waals surface area contributed by atoms with Crippen LogP contribution in [0.5, 0.6) is 11.5 Å². The van der Waals surface area contributed by atoms with Crippen LogP contribution in [0.3, 0.4) is 0 Å². The first-order valence-corrected chi connectivity index (χ1v) is 9.32. The molecule has 1 heterocycles. The molecule has 7 heteroatoms. The van der Waals surface area contributed by atoms with Gasteiger partial charge in [0, 0.05) is 28.6 Å². The van der Waals surface area contributed by atoms with Crippen LogP contribution >= 0.6 is 11.6 Å². The highest BCUT2D eigenvalue weighted by Gasteiger charge is 2.12. The number of halogens is 1. The maximum atomic E-state index is 12.4. The number of amides is 1. The Morgan fingerprint density at radius 2 is 1.72 bits per heavy atom.